The van der Waals surface area contributed by atoms with Crippen LogP contribution in [0.4, 0.5) is 13.2 Å². The van der Waals surface area contributed by atoms with Crippen LogP contribution in [-0.4, -0.2) is 18.6 Å². The lowest BCUT2D eigenvalue weighted by Gasteiger charge is -2.09. The first-order valence-electron chi connectivity index (χ1n) is 5.86. The van der Waals surface area contributed by atoms with E-state index >= 15 is 0 Å². The zero-order valence-electron chi connectivity index (χ0n) is 10.9. The Morgan fingerprint density at radius 3 is 2.62 bits per heavy atom. The van der Waals surface area contributed by atoms with Crippen LogP contribution in [-0.2, 0) is 22.7 Å². The highest BCUT2D eigenvalue weighted by atomic mass is 32.2. The summed E-state index contributed by atoms with van der Waals surface area (Å²) in [6, 6.07) is 4.48. The Morgan fingerprint density at radius 2 is 2.05 bits per heavy atom. The average Bonchev–Trinajstić information content (AvgIpc) is 2.83. The lowest BCUT2D eigenvalue weighted by molar-refractivity contribution is -0.137. The summed E-state index contributed by atoms with van der Waals surface area (Å²) in [6.45, 7) is 1.29. The molecule has 5 nitrogen and oxygen atoms in total. The number of halogens is 3. The summed E-state index contributed by atoms with van der Waals surface area (Å²) in [5.41, 5.74) is -0.250. The van der Waals surface area contributed by atoms with Gasteiger partial charge >= 0.3 is 6.18 Å². The standard InChI is InChI=1S/C12H12F3N3O2S/c1-8-11(7-16-18-8)21(19,20)17-6-9-3-2-4-10(5-9)12(13,14)15/h2-5,7,17H,6H2,1H3,(H,16,18). The van der Waals surface area contributed by atoms with Gasteiger partial charge < -0.3 is 0 Å². The second-order valence-electron chi connectivity index (χ2n) is 4.38. The van der Waals surface area contributed by atoms with Gasteiger partial charge in [-0.25, -0.2) is 13.1 Å². The highest BCUT2D eigenvalue weighted by molar-refractivity contribution is 7.89. The van der Waals surface area contributed by atoms with Gasteiger partial charge in [0, 0.05) is 6.54 Å². The first kappa shape index (κ1) is 15.5. The zero-order valence-corrected chi connectivity index (χ0v) is 11.7. The van der Waals surface area contributed by atoms with Crippen LogP contribution in [0.5, 0.6) is 0 Å². The molecule has 1 heterocycles. The van der Waals surface area contributed by atoms with Crippen LogP contribution in [0, 0.1) is 6.92 Å². The Bertz CT molecular complexity index is 738. The van der Waals surface area contributed by atoms with Gasteiger partial charge in [0.1, 0.15) is 4.90 Å². The number of H-pyrrole nitrogens is 1. The summed E-state index contributed by atoms with van der Waals surface area (Å²) in [5, 5.41) is 6.08. The lowest BCUT2D eigenvalue weighted by atomic mass is 10.1. The fourth-order valence-electron chi connectivity index (χ4n) is 1.72. The molecule has 1 aromatic carbocycles. The minimum Gasteiger partial charge on any atom is -0.281 e. The van der Waals surface area contributed by atoms with Crippen molar-refractivity contribution in [2.75, 3.05) is 0 Å². The number of benzene rings is 1. The number of nitrogens with zero attached hydrogens (tertiary/aromatic N) is 1. The molecule has 9 heteroatoms. The van der Waals surface area contributed by atoms with E-state index in [2.05, 4.69) is 14.9 Å². The molecule has 1 aromatic heterocycles. The third kappa shape index (κ3) is 3.61. The smallest absolute Gasteiger partial charge is 0.281 e. The highest BCUT2D eigenvalue weighted by Crippen LogP contribution is 2.29. The van der Waals surface area contributed by atoms with E-state index in [4.69, 9.17) is 0 Å². The first-order valence-corrected chi connectivity index (χ1v) is 7.34. The van der Waals surface area contributed by atoms with E-state index in [1.807, 2.05) is 0 Å². The monoisotopic (exact) mass is 319 g/mol. The Kier molecular flexibility index (Phi) is 4.06. The van der Waals surface area contributed by atoms with E-state index in [1.165, 1.54) is 19.1 Å². The SMILES string of the molecule is Cc1[nH]ncc1S(=O)(=O)NCc1cccc(C(F)(F)F)c1. The van der Waals surface area contributed by atoms with Gasteiger partial charge in [-0.15, -0.1) is 0 Å². The van der Waals surface area contributed by atoms with Crippen LogP contribution in [0.15, 0.2) is 35.4 Å². The summed E-state index contributed by atoms with van der Waals surface area (Å²) < 4.78 is 63.9. The number of nitrogens with one attached hydrogen (secondary N) is 2. The largest absolute Gasteiger partial charge is 0.416 e. The molecule has 21 heavy (non-hydrogen) atoms. The van der Waals surface area contributed by atoms with E-state index in [-0.39, 0.29) is 17.0 Å². The molecule has 0 unspecified atom stereocenters. The van der Waals surface area contributed by atoms with Crippen LogP contribution in [0.2, 0.25) is 0 Å². The predicted octanol–water partition coefficient (Wildman–Crippen LogP) is 2.22. The van der Waals surface area contributed by atoms with Crippen molar-refractivity contribution in [2.45, 2.75) is 24.5 Å². The molecule has 0 radical (unpaired) electrons. The van der Waals surface area contributed by atoms with Crippen LogP contribution in [0.1, 0.15) is 16.8 Å². The van der Waals surface area contributed by atoms with E-state index in [0.29, 0.717) is 5.69 Å². The summed E-state index contributed by atoms with van der Waals surface area (Å²) in [4.78, 5) is -0.0329. The second-order valence-corrected chi connectivity index (χ2v) is 6.12. The van der Waals surface area contributed by atoms with Crippen molar-refractivity contribution in [2.24, 2.45) is 0 Å². The second kappa shape index (κ2) is 5.49. The maximum atomic E-state index is 12.6. The normalized spacial score (nSPS) is 12.6. The van der Waals surface area contributed by atoms with Gasteiger partial charge in [0.05, 0.1) is 17.5 Å². The fourth-order valence-corrected chi connectivity index (χ4v) is 2.88. The molecule has 0 amide bonds. The van der Waals surface area contributed by atoms with Crippen molar-refractivity contribution in [1.29, 1.82) is 0 Å². The summed E-state index contributed by atoms with van der Waals surface area (Å²) >= 11 is 0. The Labute approximate surface area is 119 Å². The molecule has 0 spiro atoms. The number of aryl methyl sites for hydroxylation is 1. The fraction of sp³-hybridized carbons (Fsp3) is 0.250. The van der Waals surface area contributed by atoms with Crippen LogP contribution in [0.25, 0.3) is 0 Å². The molecule has 0 aliphatic carbocycles. The molecule has 2 aromatic rings. The van der Waals surface area contributed by atoms with Crippen molar-refractivity contribution in [3.8, 4) is 0 Å². The van der Waals surface area contributed by atoms with E-state index in [0.717, 1.165) is 18.3 Å². The van der Waals surface area contributed by atoms with Crippen molar-refractivity contribution >= 4 is 10.0 Å². The van der Waals surface area contributed by atoms with Gasteiger partial charge in [0.25, 0.3) is 0 Å². The topological polar surface area (TPSA) is 74.8 Å². The third-order valence-electron chi connectivity index (χ3n) is 2.79. The molecular weight excluding hydrogens is 307 g/mol. The quantitative estimate of drug-likeness (QED) is 0.907. The van der Waals surface area contributed by atoms with Gasteiger partial charge in [-0.3, -0.25) is 5.10 Å². The minimum atomic E-state index is -4.46. The third-order valence-corrected chi connectivity index (χ3v) is 4.31. The van der Waals surface area contributed by atoms with Crippen LogP contribution < -0.4 is 4.72 Å². The number of hydrogen-bond donors (Lipinski definition) is 2. The number of aromatic nitrogens is 2. The van der Waals surface area contributed by atoms with E-state index < -0.39 is 21.8 Å². The molecule has 0 aliphatic rings. The van der Waals surface area contributed by atoms with Gasteiger partial charge in [-0.05, 0) is 18.6 Å². The summed E-state index contributed by atoms with van der Waals surface area (Å²) in [7, 11) is -3.82. The molecule has 0 bridgehead atoms. The van der Waals surface area contributed by atoms with E-state index in [9.17, 15) is 21.6 Å². The molecular formula is C12H12F3N3O2S. The summed E-state index contributed by atoms with van der Waals surface area (Å²) in [5.74, 6) is 0. The lowest BCUT2D eigenvalue weighted by Crippen LogP contribution is -2.23. The molecule has 114 valence electrons. The maximum absolute atomic E-state index is 12.6. The van der Waals surface area contributed by atoms with Crippen molar-refractivity contribution in [1.82, 2.24) is 14.9 Å². The summed E-state index contributed by atoms with van der Waals surface area (Å²) in [6.07, 6.45) is -3.32. The van der Waals surface area contributed by atoms with Crippen LogP contribution in [0.3, 0.4) is 0 Å². The van der Waals surface area contributed by atoms with Crippen molar-refractivity contribution < 1.29 is 21.6 Å². The number of sulfonamides is 1. The van der Waals surface area contributed by atoms with Crippen molar-refractivity contribution in [3.63, 3.8) is 0 Å². The van der Waals surface area contributed by atoms with Gasteiger partial charge in [0.15, 0.2) is 0 Å². The Balaban J connectivity index is 2.16. The number of rotatable bonds is 4. The zero-order chi connectivity index (χ0) is 15.7. The van der Waals surface area contributed by atoms with Gasteiger partial charge in [0.2, 0.25) is 10.0 Å². The minimum absolute atomic E-state index is 0.0329. The maximum Gasteiger partial charge on any atom is 0.416 e. The van der Waals surface area contributed by atoms with E-state index in [1.54, 1.807) is 0 Å². The first-order chi connectivity index (χ1) is 9.70. The highest BCUT2D eigenvalue weighted by Gasteiger charge is 2.30. The molecule has 0 saturated carbocycles. The molecule has 0 aliphatic heterocycles. The molecule has 0 atom stereocenters. The van der Waals surface area contributed by atoms with Gasteiger partial charge in [-0.2, -0.15) is 18.3 Å². The molecule has 2 rings (SSSR count). The van der Waals surface area contributed by atoms with Crippen molar-refractivity contribution in [3.05, 3.63) is 47.3 Å². The molecule has 0 fully saturated rings. The average molecular weight is 319 g/mol. The molecule has 2 N–H and O–H groups in total. The van der Waals surface area contributed by atoms with Gasteiger partial charge in [-0.1, -0.05) is 18.2 Å². The number of hydrogen-bond acceptors (Lipinski definition) is 3. The number of alkyl halides is 3. The molecule has 0 saturated heterocycles. The van der Waals surface area contributed by atoms with Crippen LogP contribution >= 0.6 is 0 Å². The predicted molar refractivity (Wildman–Crippen MR) is 68.8 cm³/mol. The number of aromatic amines is 1. The Morgan fingerprint density at radius 1 is 1.33 bits per heavy atom. The Hall–Kier alpha value is -1.87.